The quantitative estimate of drug-likeness (QED) is 0.638. The van der Waals surface area contributed by atoms with Crippen molar-refractivity contribution in [2.24, 2.45) is 0 Å². The van der Waals surface area contributed by atoms with Crippen molar-refractivity contribution in [3.05, 3.63) is 66.4 Å². The number of nitrogens with zero attached hydrogens (tertiary/aromatic N) is 1. The lowest BCUT2D eigenvalue weighted by atomic mass is 10.2. The Morgan fingerprint density at radius 3 is 2.64 bits per heavy atom. The van der Waals surface area contributed by atoms with Gasteiger partial charge in [0.2, 0.25) is 5.91 Å². The van der Waals surface area contributed by atoms with E-state index in [2.05, 4.69) is 15.3 Å². The lowest BCUT2D eigenvalue weighted by molar-refractivity contribution is -0.118. The summed E-state index contributed by atoms with van der Waals surface area (Å²) in [6.07, 6.45) is 1.78. The molecule has 0 bridgehead atoms. The number of benzene rings is 2. The van der Waals surface area contributed by atoms with E-state index in [-0.39, 0.29) is 5.91 Å². The van der Waals surface area contributed by atoms with E-state index in [1.54, 1.807) is 13.3 Å². The summed E-state index contributed by atoms with van der Waals surface area (Å²) < 4.78 is 5.12. The fourth-order valence-electron chi connectivity index (χ4n) is 2.27. The summed E-state index contributed by atoms with van der Waals surface area (Å²) in [4.78, 5) is 19.5. The molecule has 0 saturated carbocycles. The van der Waals surface area contributed by atoms with Crippen molar-refractivity contribution in [2.75, 3.05) is 12.9 Å². The molecule has 0 unspecified atom stereocenters. The molecule has 6 heteroatoms. The van der Waals surface area contributed by atoms with Crippen LogP contribution < -0.4 is 10.1 Å². The van der Waals surface area contributed by atoms with Gasteiger partial charge in [-0.05, 0) is 23.3 Å². The van der Waals surface area contributed by atoms with Crippen LogP contribution >= 0.6 is 11.8 Å². The standard InChI is InChI=1S/C19H19N3O2S/c1-24-16-9-7-14(8-10-16)11-20-18(23)13-25-19-21-12-17(22-19)15-5-3-2-4-6-15/h2-10,12H,11,13H2,1H3,(H,20,23)(H,21,22). The number of ether oxygens (including phenoxy) is 1. The van der Waals surface area contributed by atoms with Gasteiger partial charge < -0.3 is 15.0 Å². The number of carbonyl (C=O) groups is 1. The lowest BCUT2D eigenvalue weighted by Gasteiger charge is -2.05. The minimum absolute atomic E-state index is 0.0292. The van der Waals surface area contributed by atoms with E-state index in [0.717, 1.165) is 27.7 Å². The number of amides is 1. The second-order valence-electron chi connectivity index (χ2n) is 5.38. The molecule has 2 aromatic carbocycles. The molecule has 25 heavy (non-hydrogen) atoms. The van der Waals surface area contributed by atoms with Crippen LogP contribution in [0.2, 0.25) is 0 Å². The molecule has 0 fully saturated rings. The molecule has 1 heterocycles. The first-order valence-electron chi connectivity index (χ1n) is 7.87. The molecule has 0 atom stereocenters. The van der Waals surface area contributed by atoms with Gasteiger partial charge in [0, 0.05) is 6.54 Å². The van der Waals surface area contributed by atoms with Crippen molar-refractivity contribution in [3.63, 3.8) is 0 Å². The molecule has 0 aliphatic rings. The van der Waals surface area contributed by atoms with Gasteiger partial charge in [0.15, 0.2) is 5.16 Å². The highest BCUT2D eigenvalue weighted by Crippen LogP contribution is 2.21. The number of thioether (sulfide) groups is 1. The van der Waals surface area contributed by atoms with Gasteiger partial charge in [-0.3, -0.25) is 4.79 Å². The lowest BCUT2D eigenvalue weighted by Crippen LogP contribution is -2.24. The second kappa shape index (κ2) is 8.39. The van der Waals surface area contributed by atoms with Crippen molar-refractivity contribution in [2.45, 2.75) is 11.7 Å². The fraction of sp³-hybridized carbons (Fsp3) is 0.158. The van der Waals surface area contributed by atoms with Gasteiger partial charge >= 0.3 is 0 Å². The van der Waals surface area contributed by atoms with Crippen LogP contribution in [-0.2, 0) is 11.3 Å². The number of aromatic nitrogens is 2. The van der Waals surface area contributed by atoms with E-state index in [1.807, 2.05) is 54.6 Å². The average Bonchev–Trinajstić information content (AvgIpc) is 3.15. The summed E-state index contributed by atoms with van der Waals surface area (Å²) in [7, 11) is 1.63. The van der Waals surface area contributed by atoms with E-state index >= 15 is 0 Å². The zero-order valence-electron chi connectivity index (χ0n) is 13.9. The van der Waals surface area contributed by atoms with Crippen LogP contribution in [0, 0.1) is 0 Å². The third kappa shape index (κ3) is 4.87. The molecule has 128 valence electrons. The van der Waals surface area contributed by atoms with Crippen LogP contribution in [-0.4, -0.2) is 28.7 Å². The minimum atomic E-state index is -0.0292. The van der Waals surface area contributed by atoms with E-state index in [4.69, 9.17) is 4.74 Å². The Labute approximate surface area is 150 Å². The van der Waals surface area contributed by atoms with E-state index < -0.39 is 0 Å². The number of methoxy groups -OCH3 is 1. The molecule has 5 nitrogen and oxygen atoms in total. The maximum atomic E-state index is 12.0. The summed E-state index contributed by atoms with van der Waals surface area (Å²) in [5.41, 5.74) is 3.05. The first kappa shape index (κ1) is 17.1. The summed E-state index contributed by atoms with van der Waals surface area (Å²) in [5.74, 6) is 1.09. The maximum absolute atomic E-state index is 12.0. The van der Waals surface area contributed by atoms with Crippen molar-refractivity contribution < 1.29 is 9.53 Å². The molecule has 0 aliphatic carbocycles. The summed E-state index contributed by atoms with van der Waals surface area (Å²) in [6.45, 7) is 0.497. The zero-order valence-corrected chi connectivity index (χ0v) is 14.7. The van der Waals surface area contributed by atoms with Gasteiger partial charge in [-0.25, -0.2) is 4.98 Å². The SMILES string of the molecule is COc1ccc(CNC(=O)CSc2ncc(-c3ccccc3)[nH]2)cc1. The Balaban J connectivity index is 1.46. The van der Waals surface area contributed by atoms with Gasteiger partial charge in [-0.1, -0.05) is 54.2 Å². The van der Waals surface area contributed by atoms with Crippen molar-refractivity contribution in [1.29, 1.82) is 0 Å². The molecule has 1 aromatic heterocycles. The second-order valence-corrected chi connectivity index (χ2v) is 6.35. The third-order valence-electron chi connectivity index (χ3n) is 3.63. The van der Waals surface area contributed by atoms with Crippen LogP contribution in [0.5, 0.6) is 5.75 Å². The molecule has 0 saturated heterocycles. The summed E-state index contributed by atoms with van der Waals surface area (Å²) >= 11 is 1.39. The van der Waals surface area contributed by atoms with Crippen molar-refractivity contribution in [1.82, 2.24) is 15.3 Å². The maximum Gasteiger partial charge on any atom is 0.230 e. The zero-order chi connectivity index (χ0) is 17.5. The average molecular weight is 353 g/mol. The fourth-order valence-corrected chi connectivity index (χ4v) is 2.95. The molecular formula is C19H19N3O2S. The van der Waals surface area contributed by atoms with Crippen LogP contribution in [0.4, 0.5) is 0 Å². The molecule has 3 aromatic rings. The number of H-pyrrole nitrogens is 1. The number of carbonyl (C=O) groups excluding carboxylic acids is 1. The third-order valence-corrected chi connectivity index (χ3v) is 4.51. The van der Waals surface area contributed by atoms with Crippen LogP contribution in [0.1, 0.15) is 5.56 Å². The predicted molar refractivity (Wildman–Crippen MR) is 99.6 cm³/mol. The number of nitrogens with one attached hydrogen (secondary N) is 2. The highest BCUT2D eigenvalue weighted by Gasteiger charge is 2.07. The normalized spacial score (nSPS) is 10.4. The van der Waals surface area contributed by atoms with Gasteiger partial charge in [-0.2, -0.15) is 0 Å². The first-order chi connectivity index (χ1) is 12.2. The summed E-state index contributed by atoms with van der Waals surface area (Å²) in [6, 6.07) is 17.6. The molecule has 0 aliphatic heterocycles. The Hall–Kier alpha value is -2.73. The van der Waals surface area contributed by atoms with E-state index in [9.17, 15) is 4.79 Å². The molecular weight excluding hydrogens is 334 g/mol. The molecule has 1 amide bonds. The van der Waals surface area contributed by atoms with Gasteiger partial charge in [0.1, 0.15) is 5.75 Å². The van der Waals surface area contributed by atoms with Crippen LogP contribution in [0.3, 0.4) is 0 Å². The van der Waals surface area contributed by atoms with Crippen molar-refractivity contribution >= 4 is 17.7 Å². The largest absolute Gasteiger partial charge is 0.497 e. The topological polar surface area (TPSA) is 67.0 Å². The Morgan fingerprint density at radius 1 is 1.16 bits per heavy atom. The van der Waals surface area contributed by atoms with Gasteiger partial charge in [-0.15, -0.1) is 0 Å². The summed E-state index contributed by atoms with van der Waals surface area (Å²) in [5, 5.41) is 3.64. The smallest absolute Gasteiger partial charge is 0.230 e. The predicted octanol–water partition coefficient (Wildman–Crippen LogP) is 3.49. The van der Waals surface area contributed by atoms with Crippen molar-refractivity contribution in [3.8, 4) is 17.0 Å². The number of hydrogen-bond acceptors (Lipinski definition) is 4. The Bertz CT molecular complexity index is 816. The van der Waals surface area contributed by atoms with Crippen LogP contribution in [0.15, 0.2) is 66.0 Å². The van der Waals surface area contributed by atoms with Gasteiger partial charge in [0.25, 0.3) is 0 Å². The first-order valence-corrected chi connectivity index (χ1v) is 8.86. The van der Waals surface area contributed by atoms with Crippen LogP contribution in [0.25, 0.3) is 11.3 Å². The Morgan fingerprint density at radius 2 is 1.92 bits per heavy atom. The number of aromatic amines is 1. The van der Waals surface area contributed by atoms with E-state index in [0.29, 0.717) is 12.3 Å². The molecule has 2 N–H and O–H groups in total. The highest BCUT2D eigenvalue weighted by molar-refractivity contribution is 7.99. The minimum Gasteiger partial charge on any atom is -0.497 e. The number of imidazole rings is 1. The molecule has 0 radical (unpaired) electrons. The van der Waals surface area contributed by atoms with Gasteiger partial charge in [0.05, 0.1) is 24.8 Å². The van der Waals surface area contributed by atoms with E-state index in [1.165, 1.54) is 11.8 Å². The highest BCUT2D eigenvalue weighted by atomic mass is 32.2. The monoisotopic (exact) mass is 353 g/mol. The molecule has 3 rings (SSSR count). The molecule has 0 spiro atoms. The Kier molecular flexibility index (Phi) is 5.74. The number of hydrogen-bond donors (Lipinski definition) is 2. The number of rotatable bonds is 7.